The summed E-state index contributed by atoms with van der Waals surface area (Å²) in [6.07, 6.45) is 0. The Kier molecular flexibility index (Phi) is 2.09. The summed E-state index contributed by atoms with van der Waals surface area (Å²) in [6.45, 7) is 0. The molecule has 0 saturated carbocycles. The van der Waals surface area contributed by atoms with Crippen LogP contribution in [0.5, 0.6) is 5.75 Å². The summed E-state index contributed by atoms with van der Waals surface area (Å²) in [5.41, 5.74) is -0.136. The van der Waals surface area contributed by atoms with Gasteiger partial charge in [-0.25, -0.2) is 0 Å². The van der Waals surface area contributed by atoms with Gasteiger partial charge in [0.25, 0.3) is 5.69 Å². The van der Waals surface area contributed by atoms with Crippen LogP contribution in [0.1, 0.15) is 0 Å². The Morgan fingerprint density at radius 3 is 2.80 bits per heavy atom. The molecule has 1 aromatic carbocycles. The highest BCUT2D eigenvalue weighted by Gasteiger charge is 2.19. The molecular weight excluding hydrogens is 220 g/mol. The van der Waals surface area contributed by atoms with Crippen LogP contribution in [-0.4, -0.2) is 10.0 Å². The molecule has 0 spiro atoms. The van der Waals surface area contributed by atoms with E-state index in [0.29, 0.717) is 0 Å². The van der Waals surface area contributed by atoms with Gasteiger partial charge in [-0.15, -0.1) is 16.2 Å². The Morgan fingerprint density at radius 2 is 2.20 bits per heavy atom. The molecule has 15 heavy (non-hydrogen) atoms. The quantitative estimate of drug-likeness (QED) is 0.482. The molecule has 1 N–H and O–H groups in total. The molecule has 0 bridgehead atoms. The molecule has 0 atom stereocenters. The average Bonchev–Trinajstić information content (AvgIpc) is 2.55. The molecule has 0 aliphatic rings. The molecule has 0 amide bonds. The maximum absolute atomic E-state index is 10.6. The number of aromatic hydroxyl groups is 1. The van der Waals surface area contributed by atoms with Crippen molar-refractivity contribution in [2.24, 2.45) is 5.18 Å². The number of nitroso groups, excluding NO2 is 1. The molecule has 0 aliphatic carbocycles. The van der Waals surface area contributed by atoms with E-state index in [1.54, 1.807) is 0 Å². The minimum atomic E-state index is -0.563. The fourth-order valence-electron chi connectivity index (χ4n) is 1.28. The van der Waals surface area contributed by atoms with Crippen molar-refractivity contribution in [1.82, 2.24) is 0 Å². The van der Waals surface area contributed by atoms with Gasteiger partial charge in [-0.1, -0.05) is 6.07 Å². The molecule has 2 rings (SSSR count). The minimum Gasteiger partial charge on any atom is -0.504 e. The van der Waals surface area contributed by atoms with Gasteiger partial charge >= 0.3 is 0 Å². The molecule has 0 radical (unpaired) electrons. The smallest absolute Gasteiger partial charge is 0.287 e. The summed E-state index contributed by atoms with van der Waals surface area (Å²) >= 11 is 0.808. The molecule has 1 heterocycles. The van der Waals surface area contributed by atoms with Crippen LogP contribution in [0.15, 0.2) is 23.4 Å². The van der Waals surface area contributed by atoms with Crippen molar-refractivity contribution < 1.29 is 10.0 Å². The van der Waals surface area contributed by atoms with Crippen molar-refractivity contribution in [3.05, 3.63) is 33.2 Å². The van der Waals surface area contributed by atoms with Gasteiger partial charge < -0.3 is 5.11 Å². The summed E-state index contributed by atoms with van der Waals surface area (Å²) < 4.78 is 0.259. The van der Waals surface area contributed by atoms with Crippen LogP contribution < -0.4 is 0 Å². The van der Waals surface area contributed by atoms with Gasteiger partial charge in [0, 0.05) is 11.5 Å². The van der Waals surface area contributed by atoms with Crippen molar-refractivity contribution in [2.45, 2.75) is 0 Å². The summed E-state index contributed by atoms with van der Waals surface area (Å²) in [5.74, 6) is -0.297. The number of nitro groups is 1. The van der Waals surface area contributed by atoms with E-state index in [0.717, 1.165) is 11.3 Å². The first kappa shape index (κ1) is 9.53. The number of nitro benzene ring substituents is 1. The SMILES string of the molecule is O=Nc1sc2c([N+](=O)[O-])cccc2c1O. The average molecular weight is 224 g/mol. The van der Waals surface area contributed by atoms with Gasteiger partial charge in [-0.2, -0.15) is 0 Å². The van der Waals surface area contributed by atoms with Gasteiger partial charge in [0.15, 0.2) is 5.75 Å². The Hall–Kier alpha value is -2.02. The van der Waals surface area contributed by atoms with Gasteiger partial charge in [0.1, 0.15) is 4.70 Å². The van der Waals surface area contributed by atoms with Crippen LogP contribution in [0.25, 0.3) is 10.1 Å². The monoisotopic (exact) mass is 224 g/mol. The van der Waals surface area contributed by atoms with E-state index in [2.05, 4.69) is 5.18 Å². The molecule has 0 saturated heterocycles. The zero-order valence-electron chi connectivity index (χ0n) is 7.21. The number of non-ortho nitro benzene ring substituents is 1. The van der Waals surface area contributed by atoms with Crippen LogP contribution in [0, 0.1) is 15.0 Å². The molecule has 0 fully saturated rings. The lowest BCUT2D eigenvalue weighted by Gasteiger charge is -1.92. The lowest BCUT2D eigenvalue weighted by molar-refractivity contribution is -0.382. The number of nitrogens with zero attached hydrogens (tertiary/aromatic N) is 2. The van der Waals surface area contributed by atoms with E-state index in [9.17, 15) is 20.1 Å². The van der Waals surface area contributed by atoms with Crippen LogP contribution >= 0.6 is 11.3 Å². The Balaban J connectivity index is 2.87. The highest BCUT2D eigenvalue weighted by molar-refractivity contribution is 7.23. The molecule has 2 aromatic rings. The second-order valence-electron chi connectivity index (χ2n) is 2.76. The maximum atomic E-state index is 10.6. The van der Waals surface area contributed by atoms with Gasteiger partial charge in [-0.05, 0) is 11.2 Å². The Bertz CT molecular complexity index is 563. The van der Waals surface area contributed by atoms with Gasteiger partial charge in [-0.3, -0.25) is 10.1 Å². The molecule has 0 unspecified atom stereocenters. The summed E-state index contributed by atoms with van der Waals surface area (Å²) in [4.78, 5) is 20.4. The van der Waals surface area contributed by atoms with Gasteiger partial charge in [0.2, 0.25) is 5.00 Å². The van der Waals surface area contributed by atoms with Crippen LogP contribution in [0.4, 0.5) is 10.7 Å². The molecule has 1 aromatic heterocycles. The van der Waals surface area contributed by atoms with E-state index in [4.69, 9.17) is 0 Å². The second-order valence-corrected chi connectivity index (χ2v) is 3.76. The van der Waals surface area contributed by atoms with E-state index in [1.165, 1.54) is 18.2 Å². The lowest BCUT2D eigenvalue weighted by Crippen LogP contribution is -1.86. The number of fused-ring (bicyclic) bond motifs is 1. The van der Waals surface area contributed by atoms with E-state index in [-0.39, 0.29) is 26.5 Å². The predicted octanol–water partition coefficient (Wildman–Crippen LogP) is 2.91. The summed E-state index contributed by atoms with van der Waals surface area (Å²) in [7, 11) is 0. The highest BCUT2D eigenvalue weighted by atomic mass is 32.1. The normalized spacial score (nSPS) is 10.4. The minimum absolute atomic E-state index is 0.136. The zero-order valence-corrected chi connectivity index (χ0v) is 8.02. The fourth-order valence-corrected chi connectivity index (χ4v) is 2.24. The number of hydrogen-bond acceptors (Lipinski definition) is 6. The highest BCUT2D eigenvalue weighted by Crippen LogP contribution is 2.46. The molecule has 0 aliphatic heterocycles. The van der Waals surface area contributed by atoms with Crippen molar-refractivity contribution in [3.63, 3.8) is 0 Å². The number of thiophene rings is 1. The van der Waals surface area contributed by atoms with E-state index >= 15 is 0 Å². The van der Waals surface area contributed by atoms with E-state index < -0.39 is 4.92 Å². The van der Waals surface area contributed by atoms with Crippen molar-refractivity contribution >= 4 is 32.1 Å². The molecule has 7 heteroatoms. The molecule has 6 nitrogen and oxygen atoms in total. The first-order valence-electron chi connectivity index (χ1n) is 3.87. The second kappa shape index (κ2) is 3.28. The third kappa shape index (κ3) is 1.33. The third-order valence-electron chi connectivity index (χ3n) is 1.93. The van der Waals surface area contributed by atoms with Crippen molar-refractivity contribution in [3.8, 4) is 5.75 Å². The predicted molar refractivity (Wildman–Crippen MR) is 55.6 cm³/mol. The largest absolute Gasteiger partial charge is 0.504 e. The third-order valence-corrected chi connectivity index (χ3v) is 3.02. The Labute approximate surface area is 86.9 Å². The van der Waals surface area contributed by atoms with Crippen molar-refractivity contribution in [2.75, 3.05) is 0 Å². The first-order valence-corrected chi connectivity index (χ1v) is 4.69. The first-order chi connectivity index (χ1) is 7.15. The maximum Gasteiger partial charge on any atom is 0.287 e. The summed E-state index contributed by atoms with van der Waals surface area (Å²) in [6, 6.07) is 4.26. The van der Waals surface area contributed by atoms with Crippen LogP contribution in [-0.2, 0) is 0 Å². The topological polar surface area (TPSA) is 92.8 Å². The Morgan fingerprint density at radius 1 is 1.47 bits per heavy atom. The summed E-state index contributed by atoms with van der Waals surface area (Å²) in [5, 5.41) is 22.9. The standard InChI is InChI=1S/C8H4N2O4S/c11-6-4-2-1-3-5(10(13)14)7(4)15-8(6)9-12/h1-3,11H. The number of hydrogen-bond donors (Lipinski definition) is 1. The number of rotatable bonds is 2. The molecular formula is C8H4N2O4S. The van der Waals surface area contributed by atoms with Crippen LogP contribution in [0.3, 0.4) is 0 Å². The van der Waals surface area contributed by atoms with E-state index in [1.807, 2.05) is 0 Å². The number of benzene rings is 1. The lowest BCUT2D eigenvalue weighted by atomic mass is 10.2. The van der Waals surface area contributed by atoms with Crippen molar-refractivity contribution in [1.29, 1.82) is 0 Å². The van der Waals surface area contributed by atoms with Crippen LogP contribution in [0.2, 0.25) is 0 Å². The fraction of sp³-hybridized carbons (Fsp3) is 0. The van der Waals surface area contributed by atoms with Gasteiger partial charge in [0.05, 0.1) is 4.92 Å². The zero-order chi connectivity index (χ0) is 11.0. The molecule has 76 valence electrons.